The lowest BCUT2D eigenvalue weighted by Gasteiger charge is -2.18. The van der Waals surface area contributed by atoms with E-state index in [1.165, 1.54) is 5.06 Å². The molecule has 0 heterocycles. The van der Waals surface area contributed by atoms with Gasteiger partial charge >= 0.3 is 0 Å². The Balaban J connectivity index is 2.37. The van der Waals surface area contributed by atoms with Crippen molar-refractivity contribution in [2.45, 2.75) is 6.92 Å². The molecule has 0 aliphatic carbocycles. The predicted octanol–water partition coefficient (Wildman–Crippen LogP) is 3.52. The van der Waals surface area contributed by atoms with E-state index in [9.17, 15) is 5.21 Å². The summed E-state index contributed by atoms with van der Waals surface area (Å²) < 4.78 is 0. The first-order valence-electron chi connectivity index (χ1n) is 4.89. The van der Waals surface area contributed by atoms with E-state index in [2.05, 4.69) is 0 Å². The van der Waals surface area contributed by atoms with Gasteiger partial charge in [-0.25, -0.2) is 5.06 Å². The topological polar surface area (TPSA) is 23.5 Å². The smallest absolute Gasteiger partial charge is 0.0722 e. The number of anilines is 2. The van der Waals surface area contributed by atoms with E-state index in [1.54, 1.807) is 0 Å². The minimum absolute atomic E-state index is 0.770. The Bertz CT molecular complexity index is 439. The van der Waals surface area contributed by atoms with Crippen LogP contribution in [0.2, 0.25) is 0 Å². The van der Waals surface area contributed by atoms with Gasteiger partial charge < -0.3 is 0 Å². The normalized spacial score (nSPS) is 10.0. The highest BCUT2D eigenvalue weighted by Gasteiger charge is 2.06. The van der Waals surface area contributed by atoms with Crippen LogP contribution >= 0.6 is 0 Å². The molecule has 1 N–H and O–H groups in total. The standard InChI is InChI=1S/C13H13NO/c1-11-7-5-6-10-13(11)14(15)12-8-3-2-4-9-12/h2-10,15H,1H3. The molecule has 76 valence electrons. The lowest BCUT2D eigenvalue weighted by molar-refractivity contribution is 0.300. The van der Waals surface area contributed by atoms with Crippen LogP contribution in [-0.4, -0.2) is 5.21 Å². The molecular formula is C13H13NO. The quantitative estimate of drug-likeness (QED) is 0.748. The largest absolute Gasteiger partial charge is 0.283 e. The van der Waals surface area contributed by atoms with Crippen LogP contribution in [-0.2, 0) is 0 Å². The maximum absolute atomic E-state index is 10.0. The molecule has 0 spiro atoms. The van der Waals surface area contributed by atoms with Crippen molar-refractivity contribution in [3.63, 3.8) is 0 Å². The van der Waals surface area contributed by atoms with Crippen molar-refractivity contribution in [3.8, 4) is 0 Å². The van der Waals surface area contributed by atoms with Crippen LogP contribution in [0.1, 0.15) is 5.56 Å². The second kappa shape index (κ2) is 4.15. The zero-order valence-electron chi connectivity index (χ0n) is 8.59. The summed E-state index contributed by atoms with van der Waals surface area (Å²) in [5.74, 6) is 0. The third-order valence-electron chi connectivity index (χ3n) is 2.34. The lowest BCUT2D eigenvalue weighted by Crippen LogP contribution is -2.11. The van der Waals surface area contributed by atoms with E-state index in [1.807, 2.05) is 61.5 Å². The molecule has 15 heavy (non-hydrogen) atoms. The molecule has 2 heteroatoms. The first kappa shape index (κ1) is 9.74. The van der Waals surface area contributed by atoms with E-state index < -0.39 is 0 Å². The Morgan fingerprint density at radius 2 is 1.47 bits per heavy atom. The van der Waals surface area contributed by atoms with Crippen molar-refractivity contribution in [1.29, 1.82) is 0 Å². The number of hydrogen-bond donors (Lipinski definition) is 1. The van der Waals surface area contributed by atoms with Gasteiger partial charge in [-0.1, -0.05) is 36.4 Å². The van der Waals surface area contributed by atoms with Crippen LogP contribution in [0.4, 0.5) is 11.4 Å². The summed E-state index contributed by atoms with van der Waals surface area (Å²) in [5.41, 5.74) is 2.62. The van der Waals surface area contributed by atoms with Crippen molar-refractivity contribution in [2.24, 2.45) is 0 Å². The third-order valence-corrected chi connectivity index (χ3v) is 2.34. The average molecular weight is 199 g/mol. The van der Waals surface area contributed by atoms with Gasteiger partial charge in [-0.3, -0.25) is 5.21 Å². The number of hydrogen-bond acceptors (Lipinski definition) is 2. The predicted molar refractivity (Wildman–Crippen MR) is 61.5 cm³/mol. The van der Waals surface area contributed by atoms with Crippen LogP contribution in [0.5, 0.6) is 0 Å². The SMILES string of the molecule is Cc1ccccc1N(O)c1ccccc1. The minimum Gasteiger partial charge on any atom is -0.283 e. The molecule has 0 aliphatic heterocycles. The van der Waals surface area contributed by atoms with Crippen molar-refractivity contribution in [1.82, 2.24) is 0 Å². The fraction of sp³-hybridized carbons (Fsp3) is 0.0769. The molecule has 0 aromatic heterocycles. The van der Waals surface area contributed by atoms with Gasteiger partial charge in [-0.2, -0.15) is 0 Å². The van der Waals surface area contributed by atoms with E-state index in [0.29, 0.717) is 0 Å². The molecule has 2 rings (SSSR count). The molecule has 0 aliphatic rings. The van der Waals surface area contributed by atoms with Crippen molar-refractivity contribution < 1.29 is 5.21 Å². The molecule has 0 amide bonds. The van der Waals surface area contributed by atoms with Gasteiger partial charge in [0.25, 0.3) is 0 Å². The Labute approximate surface area is 89.4 Å². The van der Waals surface area contributed by atoms with Gasteiger partial charge in [0, 0.05) is 0 Å². The summed E-state index contributed by atoms with van der Waals surface area (Å²) in [5, 5.41) is 11.2. The molecule has 0 fully saturated rings. The Morgan fingerprint density at radius 1 is 0.867 bits per heavy atom. The molecule has 0 atom stereocenters. The second-order valence-corrected chi connectivity index (χ2v) is 3.43. The maximum atomic E-state index is 10.0. The van der Waals surface area contributed by atoms with Gasteiger partial charge in [0.1, 0.15) is 0 Å². The van der Waals surface area contributed by atoms with Crippen molar-refractivity contribution in [3.05, 3.63) is 60.2 Å². The zero-order chi connectivity index (χ0) is 10.7. The zero-order valence-corrected chi connectivity index (χ0v) is 8.59. The molecule has 2 aromatic rings. The van der Waals surface area contributed by atoms with Gasteiger partial charge in [0.05, 0.1) is 11.4 Å². The highest BCUT2D eigenvalue weighted by molar-refractivity contribution is 5.62. The molecule has 0 unspecified atom stereocenters. The fourth-order valence-corrected chi connectivity index (χ4v) is 1.51. The molecule has 0 saturated heterocycles. The number of benzene rings is 2. The van der Waals surface area contributed by atoms with Crippen molar-refractivity contribution >= 4 is 11.4 Å². The van der Waals surface area contributed by atoms with Gasteiger partial charge in [0.15, 0.2) is 0 Å². The monoisotopic (exact) mass is 199 g/mol. The molecule has 2 aromatic carbocycles. The second-order valence-electron chi connectivity index (χ2n) is 3.43. The summed E-state index contributed by atoms with van der Waals surface area (Å²) in [6.07, 6.45) is 0. The maximum Gasteiger partial charge on any atom is 0.0722 e. The Kier molecular flexibility index (Phi) is 2.70. The van der Waals surface area contributed by atoms with E-state index in [4.69, 9.17) is 0 Å². The number of aryl methyl sites for hydroxylation is 1. The lowest BCUT2D eigenvalue weighted by atomic mass is 10.2. The highest BCUT2D eigenvalue weighted by Crippen LogP contribution is 2.25. The molecular weight excluding hydrogens is 186 g/mol. The molecule has 0 saturated carbocycles. The number of nitrogens with zero attached hydrogens (tertiary/aromatic N) is 1. The Morgan fingerprint density at radius 3 is 2.13 bits per heavy atom. The van der Waals surface area contributed by atoms with Gasteiger partial charge in [0.2, 0.25) is 0 Å². The van der Waals surface area contributed by atoms with Crippen LogP contribution < -0.4 is 5.06 Å². The van der Waals surface area contributed by atoms with Gasteiger partial charge in [-0.15, -0.1) is 0 Å². The third kappa shape index (κ3) is 2.00. The Hall–Kier alpha value is -1.80. The summed E-state index contributed by atoms with van der Waals surface area (Å²) in [6, 6.07) is 17.2. The number of para-hydroxylation sites is 2. The first-order valence-corrected chi connectivity index (χ1v) is 4.89. The van der Waals surface area contributed by atoms with Gasteiger partial charge in [-0.05, 0) is 30.7 Å². The van der Waals surface area contributed by atoms with E-state index in [0.717, 1.165) is 16.9 Å². The minimum atomic E-state index is 0.770. The summed E-state index contributed by atoms with van der Waals surface area (Å²) >= 11 is 0. The van der Waals surface area contributed by atoms with Crippen LogP contribution in [0, 0.1) is 6.92 Å². The highest BCUT2D eigenvalue weighted by atomic mass is 16.5. The summed E-state index contributed by atoms with van der Waals surface area (Å²) in [6.45, 7) is 1.97. The fourth-order valence-electron chi connectivity index (χ4n) is 1.51. The van der Waals surface area contributed by atoms with Crippen LogP contribution in [0.15, 0.2) is 54.6 Å². The molecule has 0 radical (unpaired) electrons. The van der Waals surface area contributed by atoms with Crippen LogP contribution in [0.3, 0.4) is 0 Å². The van der Waals surface area contributed by atoms with E-state index >= 15 is 0 Å². The number of rotatable bonds is 2. The summed E-state index contributed by atoms with van der Waals surface area (Å²) in [7, 11) is 0. The average Bonchev–Trinajstić information content (AvgIpc) is 2.30. The summed E-state index contributed by atoms with van der Waals surface area (Å²) in [4.78, 5) is 0. The molecule has 2 nitrogen and oxygen atoms in total. The van der Waals surface area contributed by atoms with Crippen LogP contribution in [0.25, 0.3) is 0 Å². The molecule has 0 bridgehead atoms. The first-order chi connectivity index (χ1) is 7.29. The van der Waals surface area contributed by atoms with Crippen molar-refractivity contribution in [2.75, 3.05) is 5.06 Å². The van der Waals surface area contributed by atoms with E-state index in [-0.39, 0.29) is 0 Å².